The Balaban J connectivity index is 1.42. The number of carbonyl (C=O) groups excluding carboxylic acids is 2. The van der Waals surface area contributed by atoms with Crippen LogP contribution in [-0.2, 0) is 22.4 Å². The van der Waals surface area contributed by atoms with Gasteiger partial charge >= 0.3 is 0 Å². The van der Waals surface area contributed by atoms with Crippen LogP contribution in [-0.4, -0.2) is 53.4 Å². The fourth-order valence-corrected chi connectivity index (χ4v) is 5.42. The molecule has 1 atom stereocenters. The molecule has 0 bridgehead atoms. The van der Waals surface area contributed by atoms with Gasteiger partial charge in [0.2, 0.25) is 11.8 Å². The van der Waals surface area contributed by atoms with Gasteiger partial charge in [-0.3, -0.25) is 14.5 Å². The number of amidine groups is 1. The molecule has 40 heavy (non-hydrogen) atoms. The molecule has 1 aliphatic heterocycles. The van der Waals surface area contributed by atoms with Gasteiger partial charge in [-0.15, -0.1) is 0 Å². The molecule has 1 heterocycles. The first-order valence-corrected chi connectivity index (χ1v) is 14.4. The lowest BCUT2D eigenvalue weighted by Crippen LogP contribution is -2.47. The Morgan fingerprint density at radius 3 is 2.42 bits per heavy atom. The van der Waals surface area contributed by atoms with Crippen molar-refractivity contribution in [1.82, 2.24) is 10.2 Å². The van der Waals surface area contributed by atoms with Gasteiger partial charge in [0.25, 0.3) is 0 Å². The maximum absolute atomic E-state index is 13.5. The monoisotopic (exact) mass is 563 g/mol. The molecule has 4 rings (SSSR count). The van der Waals surface area contributed by atoms with Crippen molar-refractivity contribution in [1.29, 1.82) is 0 Å². The largest absolute Gasteiger partial charge is 0.490 e. The Morgan fingerprint density at radius 1 is 0.975 bits per heavy atom. The summed E-state index contributed by atoms with van der Waals surface area (Å²) in [6.07, 6.45) is 1.33. The molecule has 7 nitrogen and oxygen atoms in total. The molecule has 0 radical (unpaired) electrons. The van der Waals surface area contributed by atoms with Crippen molar-refractivity contribution < 1.29 is 23.5 Å². The van der Waals surface area contributed by atoms with Crippen LogP contribution >= 0.6 is 11.8 Å². The van der Waals surface area contributed by atoms with Gasteiger partial charge in [-0.25, -0.2) is 9.38 Å². The van der Waals surface area contributed by atoms with Gasteiger partial charge in [-0.2, -0.15) is 0 Å². The molecular weight excluding hydrogens is 529 g/mol. The highest BCUT2D eigenvalue weighted by atomic mass is 32.2. The van der Waals surface area contributed by atoms with E-state index in [-0.39, 0.29) is 24.1 Å². The number of carbonyl (C=O) groups is 2. The Hall–Kier alpha value is -3.85. The van der Waals surface area contributed by atoms with Crippen LogP contribution in [0, 0.1) is 5.82 Å². The summed E-state index contributed by atoms with van der Waals surface area (Å²) in [7, 11) is 0. The van der Waals surface area contributed by atoms with Crippen LogP contribution in [0.25, 0.3) is 0 Å². The average molecular weight is 564 g/mol. The topological polar surface area (TPSA) is 80.2 Å². The molecule has 0 spiro atoms. The molecule has 1 aliphatic rings. The minimum absolute atomic E-state index is 0.0747. The summed E-state index contributed by atoms with van der Waals surface area (Å²) >= 11 is 1.26. The second kappa shape index (κ2) is 14.5. The molecule has 210 valence electrons. The number of aliphatic imine (C=N–C) groups is 1. The van der Waals surface area contributed by atoms with Crippen LogP contribution in [0.2, 0.25) is 0 Å². The number of benzene rings is 3. The summed E-state index contributed by atoms with van der Waals surface area (Å²) in [5.74, 6) is 0.626. The van der Waals surface area contributed by atoms with Crippen LogP contribution < -0.4 is 14.8 Å². The molecule has 0 aromatic heterocycles. The summed E-state index contributed by atoms with van der Waals surface area (Å²) in [5.41, 5.74) is 2.62. The lowest BCUT2D eigenvalue weighted by molar-refractivity contribution is -0.130. The third-order valence-corrected chi connectivity index (χ3v) is 7.46. The average Bonchev–Trinajstić information content (AvgIpc) is 2.96. The molecular formula is C31H34FN3O4S. The Morgan fingerprint density at radius 2 is 1.70 bits per heavy atom. The predicted molar refractivity (Wildman–Crippen MR) is 157 cm³/mol. The molecule has 9 heteroatoms. The van der Waals surface area contributed by atoms with Crippen molar-refractivity contribution in [2.75, 3.05) is 26.3 Å². The summed E-state index contributed by atoms with van der Waals surface area (Å²) in [5, 5.41) is 2.79. The fraction of sp³-hybridized carbons (Fsp3) is 0.323. The zero-order chi connectivity index (χ0) is 28.3. The highest BCUT2D eigenvalue weighted by Crippen LogP contribution is 2.30. The number of rotatable bonds is 12. The first-order chi connectivity index (χ1) is 19.5. The molecule has 0 unspecified atom stereocenters. The van der Waals surface area contributed by atoms with Crippen LogP contribution in [0.1, 0.15) is 31.4 Å². The minimum Gasteiger partial charge on any atom is -0.490 e. The highest BCUT2D eigenvalue weighted by Gasteiger charge is 2.35. The Labute approximate surface area is 238 Å². The van der Waals surface area contributed by atoms with E-state index in [0.717, 1.165) is 11.1 Å². The smallest absolute Gasteiger partial charge is 0.234 e. The minimum atomic E-state index is -0.612. The van der Waals surface area contributed by atoms with Crippen molar-refractivity contribution in [2.24, 2.45) is 4.99 Å². The van der Waals surface area contributed by atoms with E-state index >= 15 is 0 Å². The van der Waals surface area contributed by atoms with E-state index < -0.39 is 5.25 Å². The summed E-state index contributed by atoms with van der Waals surface area (Å²) in [6, 6.07) is 21.4. The maximum atomic E-state index is 13.5. The third kappa shape index (κ3) is 8.08. The molecule has 3 aromatic rings. The first-order valence-electron chi connectivity index (χ1n) is 13.5. The first kappa shape index (κ1) is 29.1. The van der Waals surface area contributed by atoms with E-state index in [1.54, 1.807) is 17.0 Å². The normalized spacial score (nSPS) is 16.2. The Kier molecular flexibility index (Phi) is 10.6. The zero-order valence-corrected chi connectivity index (χ0v) is 23.6. The van der Waals surface area contributed by atoms with E-state index in [9.17, 15) is 14.0 Å². The molecule has 1 saturated heterocycles. The summed E-state index contributed by atoms with van der Waals surface area (Å²) < 4.78 is 24.8. The fourth-order valence-electron chi connectivity index (χ4n) is 4.27. The molecule has 1 fully saturated rings. The number of nitrogens with one attached hydrogen (secondary N) is 1. The molecule has 0 aliphatic carbocycles. The van der Waals surface area contributed by atoms with Crippen LogP contribution in [0.5, 0.6) is 11.5 Å². The SMILES string of the molecule is CCOc1ccc(CCNC(=O)[C@H]2CC(=O)N(CCc3ccccc3)C(=Nc3ccc(F)cc3)S2)cc1OCC. The van der Waals surface area contributed by atoms with Crippen molar-refractivity contribution in [3.8, 4) is 11.5 Å². The second-order valence-electron chi connectivity index (χ2n) is 9.15. The summed E-state index contributed by atoms with van der Waals surface area (Å²) in [6.45, 7) is 5.75. The van der Waals surface area contributed by atoms with Crippen LogP contribution in [0.4, 0.5) is 10.1 Å². The van der Waals surface area contributed by atoms with Crippen molar-refractivity contribution in [3.05, 3.63) is 89.7 Å². The van der Waals surface area contributed by atoms with E-state index in [1.807, 2.05) is 62.4 Å². The maximum Gasteiger partial charge on any atom is 0.234 e. The van der Waals surface area contributed by atoms with Crippen LogP contribution in [0.3, 0.4) is 0 Å². The molecule has 3 aromatic carbocycles. The van der Waals surface area contributed by atoms with Gasteiger partial charge in [0.1, 0.15) is 5.82 Å². The lowest BCUT2D eigenvalue weighted by Gasteiger charge is -2.32. The van der Waals surface area contributed by atoms with Crippen LogP contribution in [0.15, 0.2) is 77.8 Å². The van der Waals surface area contributed by atoms with Crippen molar-refractivity contribution in [2.45, 2.75) is 38.4 Å². The van der Waals surface area contributed by atoms with Gasteiger partial charge in [0.05, 0.1) is 24.2 Å². The lowest BCUT2D eigenvalue weighted by atomic mass is 10.1. The number of thioether (sulfide) groups is 1. The second-order valence-corrected chi connectivity index (χ2v) is 10.3. The number of amides is 2. The van der Waals surface area contributed by atoms with Crippen molar-refractivity contribution >= 4 is 34.4 Å². The zero-order valence-electron chi connectivity index (χ0n) is 22.8. The third-order valence-electron chi connectivity index (χ3n) is 6.27. The summed E-state index contributed by atoms with van der Waals surface area (Å²) in [4.78, 5) is 32.6. The predicted octanol–water partition coefficient (Wildman–Crippen LogP) is 5.55. The van der Waals surface area contributed by atoms with Gasteiger partial charge in [0.15, 0.2) is 16.7 Å². The van der Waals surface area contributed by atoms with E-state index in [0.29, 0.717) is 61.5 Å². The van der Waals surface area contributed by atoms with Gasteiger partial charge in [0, 0.05) is 19.5 Å². The number of halogens is 1. The van der Waals surface area contributed by atoms with Gasteiger partial charge < -0.3 is 14.8 Å². The molecule has 2 amide bonds. The highest BCUT2D eigenvalue weighted by molar-refractivity contribution is 8.15. The number of hydrogen-bond acceptors (Lipinski definition) is 6. The molecule has 1 N–H and O–H groups in total. The van der Waals surface area contributed by atoms with E-state index in [1.165, 1.54) is 23.9 Å². The van der Waals surface area contributed by atoms with Gasteiger partial charge in [-0.1, -0.05) is 48.2 Å². The Bertz CT molecular complexity index is 1320. The van der Waals surface area contributed by atoms with Gasteiger partial charge in [-0.05, 0) is 74.2 Å². The molecule has 0 saturated carbocycles. The van der Waals surface area contributed by atoms with E-state index in [4.69, 9.17) is 9.47 Å². The number of nitrogens with zero attached hydrogens (tertiary/aromatic N) is 2. The van der Waals surface area contributed by atoms with E-state index in [2.05, 4.69) is 10.3 Å². The number of ether oxygens (including phenoxy) is 2. The standard InChI is InChI=1S/C31H34FN3O4S/c1-3-38-26-15-10-23(20-27(26)39-4-2)16-18-33-30(37)28-21-29(36)35(19-17-22-8-6-5-7-9-22)31(40-28)34-25-13-11-24(32)12-14-25/h5-15,20,28H,3-4,16-19,21H2,1-2H3,(H,33,37)/t28-/m1/s1. The quantitative estimate of drug-likeness (QED) is 0.313. The van der Waals surface area contributed by atoms with Crippen molar-refractivity contribution in [3.63, 3.8) is 0 Å². The number of hydrogen-bond donors (Lipinski definition) is 1.